The van der Waals surface area contributed by atoms with Gasteiger partial charge in [-0.25, -0.2) is 0 Å². The molecule has 0 aliphatic carbocycles. The van der Waals surface area contributed by atoms with Crippen LogP contribution >= 0.6 is 0 Å². The molecule has 1 atom stereocenters. The summed E-state index contributed by atoms with van der Waals surface area (Å²) in [6.45, 7) is 7.34. The summed E-state index contributed by atoms with van der Waals surface area (Å²) in [5.74, 6) is 0.0369. The zero-order valence-electron chi connectivity index (χ0n) is 14.6. The van der Waals surface area contributed by atoms with Gasteiger partial charge in [-0.15, -0.1) is 0 Å². The number of allylic oxidation sites excluding steroid dienone is 1. The fourth-order valence-electron chi connectivity index (χ4n) is 2.81. The minimum atomic E-state index is -0.515. The van der Waals surface area contributed by atoms with Crippen LogP contribution in [0.5, 0.6) is 0 Å². The first kappa shape index (κ1) is 18.6. The Morgan fingerprint density at radius 3 is 2.46 bits per heavy atom. The molecule has 1 aliphatic rings. The Labute approximate surface area is 144 Å². The molecular weight excluding hydrogens is 304 g/mol. The van der Waals surface area contributed by atoms with E-state index in [9.17, 15) is 9.90 Å². The molecule has 5 nitrogen and oxygen atoms in total. The van der Waals surface area contributed by atoms with Gasteiger partial charge in [0.25, 0.3) is 0 Å². The summed E-state index contributed by atoms with van der Waals surface area (Å²) in [7, 11) is 0. The first-order valence-corrected chi connectivity index (χ1v) is 8.48. The van der Waals surface area contributed by atoms with Crippen molar-refractivity contribution in [2.24, 2.45) is 0 Å². The predicted octanol–water partition coefficient (Wildman–Crippen LogP) is 1.19. The van der Waals surface area contributed by atoms with Crippen LogP contribution in [-0.4, -0.2) is 64.7 Å². The third-order valence-electron chi connectivity index (χ3n) is 4.26. The van der Waals surface area contributed by atoms with Crippen LogP contribution in [0.1, 0.15) is 25.0 Å². The summed E-state index contributed by atoms with van der Waals surface area (Å²) >= 11 is 0. The van der Waals surface area contributed by atoms with Crippen molar-refractivity contribution in [2.75, 3.05) is 32.7 Å². The number of β-amino-alcohol motifs (C(OH)–C–C–N with tert-alkyl or cyclic N) is 1. The van der Waals surface area contributed by atoms with Gasteiger partial charge in [0.05, 0.1) is 19.1 Å². The molecule has 0 aromatic heterocycles. The molecule has 1 fully saturated rings. The molecule has 1 aromatic carbocycles. The van der Waals surface area contributed by atoms with E-state index < -0.39 is 6.10 Å². The SMILES string of the molecule is CC(C)=CCN1CCN(C(=O)Cc2ccc(CO)cc2)C[C@H](O)C1. The highest BCUT2D eigenvalue weighted by molar-refractivity contribution is 5.78. The van der Waals surface area contributed by atoms with Crippen LogP contribution in [0.25, 0.3) is 0 Å². The molecule has 0 spiro atoms. The van der Waals surface area contributed by atoms with E-state index in [4.69, 9.17) is 5.11 Å². The topological polar surface area (TPSA) is 64.0 Å². The second kappa shape index (κ2) is 8.97. The van der Waals surface area contributed by atoms with Gasteiger partial charge in [0.15, 0.2) is 0 Å². The highest BCUT2D eigenvalue weighted by atomic mass is 16.3. The minimum absolute atomic E-state index is 0.00800. The molecule has 0 unspecified atom stereocenters. The summed E-state index contributed by atoms with van der Waals surface area (Å²) in [5.41, 5.74) is 3.02. The van der Waals surface area contributed by atoms with Crippen molar-refractivity contribution in [1.29, 1.82) is 0 Å². The molecule has 1 saturated heterocycles. The fourth-order valence-corrected chi connectivity index (χ4v) is 2.81. The average molecular weight is 332 g/mol. The molecule has 0 saturated carbocycles. The van der Waals surface area contributed by atoms with Crippen LogP contribution in [0.15, 0.2) is 35.9 Å². The number of benzene rings is 1. The Morgan fingerprint density at radius 2 is 1.83 bits per heavy atom. The van der Waals surface area contributed by atoms with Gasteiger partial charge in [0.2, 0.25) is 5.91 Å². The quantitative estimate of drug-likeness (QED) is 0.795. The standard InChI is InChI=1S/C19H28N2O3/c1-15(2)7-8-20-9-10-21(13-18(23)12-20)19(24)11-16-3-5-17(14-22)6-4-16/h3-7,18,22-23H,8-14H2,1-2H3/t18-/m1/s1. The van der Waals surface area contributed by atoms with Crippen molar-refractivity contribution < 1.29 is 15.0 Å². The van der Waals surface area contributed by atoms with Crippen molar-refractivity contribution in [3.05, 3.63) is 47.0 Å². The lowest BCUT2D eigenvalue weighted by Gasteiger charge is -2.22. The fraction of sp³-hybridized carbons (Fsp3) is 0.526. The summed E-state index contributed by atoms with van der Waals surface area (Å²) in [6.07, 6.45) is 1.96. The van der Waals surface area contributed by atoms with E-state index in [1.807, 2.05) is 24.3 Å². The van der Waals surface area contributed by atoms with Crippen molar-refractivity contribution in [1.82, 2.24) is 9.80 Å². The summed E-state index contributed by atoms with van der Waals surface area (Å²) in [5, 5.41) is 19.3. The number of carbonyl (C=O) groups excluding carboxylic acids is 1. The van der Waals surface area contributed by atoms with Crippen LogP contribution < -0.4 is 0 Å². The van der Waals surface area contributed by atoms with E-state index in [0.717, 1.165) is 24.2 Å². The molecule has 5 heteroatoms. The first-order chi connectivity index (χ1) is 11.5. The van der Waals surface area contributed by atoms with Gasteiger partial charge in [-0.3, -0.25) is 9.69 Å². The van der Waals surface area contributed by atoms with Gasteiger partial charge in [-0.1, -0.05) is 35.9 Å². The molecule has 1 heterocycles. The number of hydrogen-bond donors (Lipinski definition) is 2. The van der Waals surface area contributed by atoms with Gasteiger partial charge < -0.3 is 15.1 Å². The maximum absolute atomic E-state index is 12.5. The molecule has 0 radical (unpaired) electrons. The summed E-state index contributed by atoms with van der Waals surface area (Å²) < 4.78 is 0. The molecule has 0 bridgehead atoms. The Balaban J connectivity index is 1.92. The molecule has 2 rings (SSSR count). The van der Waals surface area contributed by atoms with Crippen LogP contribution in [0.3, 0.4) is 0 Å². The number of aliphatic hydroxyl groups is 2. The highest BCUT2D eigenvalue weighted by Crippen LogP contribution is 2.10. The Kier molecular flexibility index (Phi) is 6.97. The lowest BCUT2D eigenvalue weighted by Crippen LogP contribution is -2.38. The lowest BCUT2D eigenvalue weighted by molar-refractivity contribution is -0.131. The second-order valence-corrected chi connectivity index (χ2v) is 6.69. The number of hydrogen-bond acceptors (Lipinski definition) is 4. The third kappa shape index (κ3) is 5.74. The molecule has 24 heavy (non-hydrogen) atoms. The molecule has 1 aliphatic heterocycles. The molecule has 132 valence electrons. The van der Waals surface area contributed by atoms with E-state index in [-0.39, 0.29) is 12.5 Å². The normalized spacial score (nSPS) is 19.0. The maximum atomic E-state index is 12.5. The highest BCUT2D eigenvalue weighted by Gasteiger charge is 2.23. The minimum Gasteiger partial charge on any atom is -0.392 e. The predicted molar refractivity (Wildman–Crippen MR) is 94.5 cm³/mol. The number of aliphatic hydroxyl groups excluding tert-OH is 2. The van der Waals surface area contributed by atoms with E-state index in [0.29, 0.717) is 26.1 Å². The maximum Gasteiger partial charge on any atom is 0.227 e. The number of amides is 1. The second-order valence-electron chi connectivity index (χ2n) is 6.69. The van der Waals surface area contributed by atoms with Crippen LogP contribution in [-0.2, 0) is 17.8 Å². The van der Waals surface area contributed by atoms with Gasteiger partial charge in [0, 0.05) is 32.7 Å². The van der Waals surface area contributed by atoms with Crippen molar-refractivity contribution in [3.63, 3.8) is 0 Å². The number of carbonyl (C=O) groups is 1. The first-order valence-electron chi connectivity index (χ1n) is 8.48. The van der Waals surface area contributed by atoms with E-state index in [1.165, 1.54) is 5.57 Å². The zero-order valence-corrected chi connectivity index (χ0v) is 14.6. The Hall–Kier alpha value is -1.69. The molecule has 1 amide bonds. The third-order valence-corrected chi connectivity index (χ3v) is 4.26. The van der Waals surface area contributed by atoms with E-state index in [2.05, 4.69) is 24.8 Å². The molecule has 2 N–H and O–H groups in total. The van der Waals surface area contributed by atoms with E-state index in [1.54, 1.807) is 4.90 Å². The van der Waals surface area contributed by atoms with Crippen LogP contribution in [0.4, 0.5) is 0 Å². The largest absolute Gasteiger partial charge is 0.392 e. The summed E-state index contributed by atoms with van der Waals surface area (Å²) in [6, 6.07) is 7.42. The van der Waals surface area contributed by atoms with Gasteiger partial charge in [-0.2, -0.15) is 0 Å². The Morgan fingerprint density at radius 1 is 1.17 bits per heavy atom. The van der Waals surface area contributed by atoms with E-state index >= 15 is 0 Å². The average Bonchev–Trinajstić information content (AvgIpc) is 2.75. The monoisotopic (exact) mass is 332 g/mol. The van der Waals surface area contributed by atoms with Gasteiger partial charge in [0.1, 0.15) is 0 Å². The van der Waals surface area contributed by atoms with Crippen LogP contribution in [0.2, 0.25) is 0 Å². The Bertz CT molecular complexity index is 564. The van der Waals surface area contributed by atoms with Gasteiger partial charge in [-0.05, 0) is 25.0 Å². The lowest BCUT2D eigenvalue weighted by atomic mass is 10.1. The summed E-state index contributed by atoms with van der Waals surface area (Å²) in [4.78, 5) is 16.5. The smallest absolute Gasteiger partial charge is 0.227 e. The van der Waals surface area contributed by atoms with Gasteiger partial charge >= 0.3 is 0 Å². The molecule has 1 aromatic rings. The zero-order chi connectivity index (χ0) is 17.5. The number of rotatable bonds is 5. The van der Waals surface area contributed by atoms with Crippen LogP contribution in [0, 0.1) is 0 Å². The number of nitrogens with zero attached hydrogens (tertiary/aromatic N) is 2. The van der Waals surface area contributed by atoms with Crippen molar-refractivity contribution >= 4 is 5.91 Å². The van der Waals surface area contributed by atoms with Crippen molar-refractivity contribution in [3.8, 4) is 0 Å². The molecular formula is C19H28N2O3. The van der Waals surface area contributed by atoms with Crippen molar-refractivity contribution in [2.45, 2.75) is 33.0 Å².